The van der Waals surface area contributed by atoms with Gasteiger partial charge in [-0.05, 0) is 67.4 Å². The number of carbonyl (C=O) groups is 2. The first-order chi connectivity index (χ1) is 14.0. The summed E-state index contributed by atoms with van der Waals surface area (Å²) in [4.78, 5) is 24.3. The first-order valence-electron chi connectivity index (χ1n) is 9.22. The summed E-state index contributed by atoms with van der Waals surface area (Å²) in [6.07, 6.45) is 0. The maximum absolute atomic E-state index is 12.2. The van der Waals surface area contributed by atoms with Gasteiger partial charge in [-0.3, -0.25) is 4.79 Å². The summed E-state index contributed by atoms with van der Waals surface area (Å²) in [7, 11) is 0. The van der Waals surface area contributed by atoms with Crippen LogP contribution in [0.5, 0.6) is 5.75 Å². The number of rotatable bonds is 6. The van der Waals surface area contributed by atoms with Gasteiger partial charge in [0.25, 0.3) is 5.91 Å². The molecule has 0 aliphatic heterocycles. The molecule has 0 fully saturated rings. The summed E-state index contributed by atoms with van der Waals surface area (Å²) in [5.41, 5.74) is 3.97. The van der Waals surface area contributed by atoms with Gasteiger partial charge in [-0.2, -0.15) is 0 Å². The molecule has 6 heteroatoms. The van der Waals surface area contributed by atoms with Crippen LogP contribution in [0.25, 0.3) is 0 Å². The van der Waals surface area contributed by atoms with Crippen LogP contribution in [0.1, 0.15) is 11.1 Å². The van der Waals surface area contributed by atoms with Gasteiger partial charge in [-0.15, -0.1) is 0 Å². The molecule has 3 amide bonds. The molecule has 0 bridgehead atoms. The Morgan fingerprint density at radius 2 is 1.31 bits per heavy atom. The summed E-state index contributed by atoms with van der Waals surface area (Å²) in [5.74, 6) is 0.376. The van der Waals surface area contributed by atoms with Crippen molar-refractivity contribution in [1.29, 1.82) is 0 Å². The maximum atomic E-state index is 12.2. The minimum absolute atomic E-state index is 0.102. The van der Waals surface area contributed by atoms with E-state index in [1.165, 1.54) is 0 Å². The number of carbonyl (C=O) groups excluding carboxylic acids is 2. The van der Waals surface area contributed by atoms with E-state index in [1.807, 2.05) is 50.2 Å². The van der Waals surface area contributed by atoms with Gasteiger partial charge in [0.05, 0.1) is 0 Å². The lowest BCUT2D eigenvalue weighted by atomic mass is 10.1. The van der Waals surface area contributed by atoms with E-state index in [0.29, 0.717) is 22.8 Å². The van der Waals surface area contributed by atoms with Crippen LogP contribution in [-0.2, 0) is 4.79 Å². The Morgan fingerprint density at radius 1 is 0.724 bits per heavy atom. The molecule has 6 nitrogen and oxygen atoms in total. The van der Waals surface area contributed by atoms with Gasteiger partial charge >= 0.3 is 6.03 Å². The van der Waals surface area contributed by atoms with Crippen molar-refractivity contribution in [3.05, 3.63) is 83.9 Å². The minimum atomic E-state index is -0.363. The van der Waals surface area contributed by atoms with Crippen molar-refractivity contribution in [1.82, 2.24) is 0 Å². The molecule has 0 aromatic heterocycles. The molecule has 0 aliphatic carbocycles. The lowest BCUT2D eigenvalue weighted by Gasteiger charge is -2.11. The van der Waals surface area contributed by atoms with Crippen LogP contribution in [0, 0.1) is 13.8 Å². The van der Waals surface area contributed by atoms with Gasteiger partial charge in [-0.25, -0.2) is 4.79 Å². The van der Waals surface area contributed by atoms with Gasteiger partial charge < -0.3 is 20.7 Å². The number of hydrogen-bond acceptors (Lipinski definition) is 3. The Kier molecular flexibility index (Phi) is 6.47. The van der Waals surface area contributed by atoms with Crippen molar-refractivity contribution >= 4 is 29.0 Å². The fourth-order valence-corrected chi connectivity index (χ4v) is 2.85. The van der Waals surface area contributed by atoms with Crippen LogP contribution < -0.4 is 20.7 Å². The van der Waals surface area contributed by atoms with Crippen LogP contribution in [-0.4, -0.2) is 18.5 Å². The van der Waals surface area contributed by atoms with Crippen molar-refractivity contribution in [3.63, 3.8) is 0 Å². The Balaban J connectivity index is 1.53. The second-order valence-corrected chi connectivity index (χ2v) is 6.69. The molecule has 0 saturated carbocycles. The first-order valence-corrected chi connectivity index (χ1v) is 9.22. The summed E-state index contributed by atoms with van der Waals surface area (Å²) < 4.78 is 5.57. The fraction of sp³-hybridized carbons (Fsp3) is 0.130. The van der Waals surface area contributed by atoms with Gasteiger partial charge in [0.15, 0.2) is 6.61 Å². The number of aryl methyl sites for hydroxylation is 2. The van der Waals surface area contributed by atoms with Gasteiger partial charge in [0.1, 0.15) is 5.75 Å². The molecular formula is C23H23N3O3. The van der Waals surface area contributed by atoms with Crippen molar-refractivity contribution < 1.29 is 14.3 Å². The molecule has 0 unspecified atom stereocenters. The summed E-state index contributed by atoms with van der Waals surface area (Å²) >= 11 is 0. The maximum Gasteiger partial charge on any atom is 0.323 e. The lowest BCUT2D eigenvalue weighted by molar-refractivity contribution is -0.118. The van der Waals surface area contributed by atoms with Crippen LogP contribution in [0.3, 0.4) is 0 Å². The first kappa shape index (κ1) is 19.9. The SMILES string of the molecule is Cc1cc(C)cc(OCC(=O)Nc2cccc(NC(=O)Nc3ccccc3)c2)c1. The summed E-state index contributed by atoms with van der Waals surface area (Å²) in [6, 6.07) is 21.5. The van der Waals surface area contributed by atoms with E-state index in [-0.39, 0.29) is 18.5 Å². The molecule has 0 heterocycles. The van der Waals surface area contributed by atoms with Crippen LogP contribution >= 0.6 is 0 Å². The van der Waals surface area contributed by atoms with Crippen molar-refractivity contribution in [2.45, 2.75) is 13.8 Å². The molecule has 3 aromatic rings. The smallest absolute Gasteiger partial charge is 0.323 e. The average Bonchev–Trinajstić information content (AvgIpc) is 2.66. The number of benzene rings is 3. The average molecular weight is 389 g/mol. The van der Waals surface area contributed by atoms with E-state index in [9.17, 15) is 9.59 Å². The molecule has 0 spiro atoms. The van der Waals surface area contributed by atoms with Gasteiger partial charge in [0, 0.05) is 17.1 Å². The Morgan fingerprint density at radius 3 is 2.00 bits per heavy atom. The molecule has 3 N–H and O–H groups in total. The highest BCUT2D eigenvalue weighted by Crippen LogP contribution is 2.18. The molecule has 0 radical (unpaired) electrons. The topological polar surface area (TPSA) is 79.5 Å². The highest BCUT2D eigenvalue weighted by atomic mass is 16.5. The fourth-order valence-electron chi connectivity index (χ4n) is 2.85. The predicted molar refractivity (Wildman–Crippen MR) is 116 cm³/mol. The zero-order chi connectivity index (χ0) is 20.6. The molecule has 0 saturated heterocycles. The minimum Gasteiger partial charge on any atom is -0.484 e. The van der Waals surface area contributed by atoms with Crippen molar-refractivity contribution in [3.8, 4) is 5.75 Å². The van der Waals surface area contributed by atoms with E-state index in [0.717, 1.165) is 11.1 Å². The highest BCUT2D eigenvalue weighted by molar-refractivity contribution is 6.00. The lowest BCUT2D eigenvalue weighted by Crippen LogP contribution is -2.21. The predicted octanol–water partition coefficient (Wildman–Crippen LogP) is 4.96. The van der Waals surface area contributed by atoms with E-state index in [2.05, 4.69) is 16.0 Å². The second-order valence-electron chi connectivity index (χ2n) is 6.69. The zero-order valence-corrected chi connectivity index (χ0v) is 16.4. The number of nitrogens with one attached hydrogen (secondary N) is 3. The Hall–Kier alpha value is -3.80. The normalized spacial score (nSPS) is 10.1. The van der Waals surface area contributed by atoms with E-state index in [4.69, 9.17) is 4.74 Å². The van der Waals surface area contributed by atoms with Gasteiger partial charge in [-0.1, -0.05) is 30.3 Å². The summed E-state index contributed by atoms with van der Waals surface area (Å²) in [5, 5.41) is 8.25. The summed E-state index contributed by atoms with van der Waals surface area (Å²) in [6.45, 7) is 3.85. The zero-order valence-electron chi connectivity index (χ0n) is 16.4. The molecule has 29 heavy (non-hydrogen) atoms. The molecule has 3 aromatic carbocycles. The van der Waals surface area contributed by atoms with Crippen molar-refractivity contribution in [2.75, 3.05) is 22.6 Å². The number of para-hydroxylation sites is 1. The molecule has 0 aliphatic rings. The number of hydrogen-bond donors (Lipinski definition) is 3. The van der Waals surface area contributed by atoms with E-state index < -0.39 is 0 Å². The third-order valence-corrected chi connectivity index (χ3v) is 4.00. The van der Waals surface area contributed by atoms with E-state index >= 15 is 0 Å². The Labute approximate surface area is 169 Å². The van der Waals surface area contributed by atoms with Crippen LogP contribution in [0.15, 0.2) is 72.8 Å². The number of anilines is 3. The van der Waals surface area contributed by atoms with Crippen molar-refractivity contribution in [2.24, 2.45) is 0 Å². The van der Waals surface area contributed by atoms with Crippen LogP contribution in [0.4, 0.5) is 21.9 Å². The number of ether oxygens (including phenoxy) is 1. The monoisotopic (exact) mass is 389 g/mol. The third kappa shape index (κ3) is 6.39. The molecule has 3 rings (SSSR count). The molecule has 148 valence electrons. The standard InChI is InChI=1S/C23H23N3O3/c1-16-11-17(2)13-21(12-16)29-15-22(27)24-19-9-6-10-20(14-19)26-23(28)25-18-7-4-3-5-8-18/h3-14H,15H2,1-2H3,(H,24,27)(H2,25,26,28). The van der Waals surface area contributed by atoms with E-state index in [1.54, 1.807) is 36.4 Å². The molecular weight excluding hydrogens is 366 g/mol. The number of urea groups is 1. The largest absolute Gasteiger partial charge is 0.484 e. The number of amides is 3. The second kappa shape index (κ2) is 9.41. The quantitative estimate of drug-likeness (QED) is 0.557. The highest BCUT2D eigenvalue weighted by Gasteiger charge is 2.07. The molecule has 0 atom stereocenters. The third-order valence-electron chi connectivity index (χ3n) is 4.00. The van der Waals surface area contributed by atoms with Crippen LogP contribution in [0.2, 0.25) is 0 Å². The Bertz CT molecular complexity index is 983. The van der Waals surface area contributed by atoms with Gasteiger partial charge in [0.2, 0.25) is 0 Å².